The van der Waals surface area contributed by atoms with Gasteiger partial charge in [-0.15, -0.1) is 0 Å². The number of amides is 1. The van der Waals surface area contributed by atoms with E-state index in [4.69, 9.17) is 4.42 Å². The fourth-order valence-corrected chi connectivity index (χ4v) is 5.86. The molecule has 1 saturated heterocycles. The Morgan fingerprint density at radius 1 is 1.08 bits per heavy atom. The lowest BCUT2D eigenvalue weighted by atomic mass is 10.00. The summed E-state index contributed by atoms with van der Waals surface area (Å²) < 4.78 is 21.8. The topological polar surface area (TPSA) is 63.3 Å². The van der Waals surface area contributed by atoms with E-state index in [1.54, 1.807) is 18.2 Å². The minimum atomic E-state index is -0.280. The Kier molecular flexibility index (Phi) is 7.85. The lowest BCUT2D eigenvalue weighted by Crippen LogP contribution is -2.40. The van der Waals surface area contributed by atoms with Crippen LogP contribution in [0.5, 0.6) is 0 Å². The normalized spacial score (nSPS) is 19.1. The first kappa shape index (κ1) is 24.8. The van der Waals surface area contributed by atoms with Crippen molar-refractivity contribution in [2.24, 2.45) is 0 Å². The first-order valence-electron chi connectivity index (χ1n) is 13.6. The number of furan rings is 1. The minimum Gasteiger partial charge on any atom is -0.449 e. The van der Waals surface area contributed by atoms with Crippen molar-refractivity contribution in [2.45, 2.75) is 76.8 Å². The van der Waals surface area contributed by atoms with Crippen molar-refractivity contribution in [1.29, 1.82) is 0 Å². The van der Waals surface area contributed by atoms with Crippen LogP contribution in [0, 0.1) is 5.82 Å². The molecule has 1 atom stereocenters. The van der Waals surface area contributed by atoms with E-state index in [-0.39, 0.29) is 11.7 Å². The van der Waals surface area contributed by atoms with Crippen LogP contribution >= 0.6 is 0 Å². The third-order valence-corrected chi connectivity index (χ3v) is 7.82. The van der Waals surface area contributed by atoms with Gasteiger partial charge in [-0.1, -0.05) is 26.2 Å². The molecule has 0 spiro atoms. The Labute approximate surface area is 212 Å². The Morgan fingerprint density at radius 3 is 2.64 bits per heavy atom. The number of benzene rings is 1. The molecule has 1 aromatic carbocycles. The van der Waals surface area contributed by atoms with Crippen LogP contribution in [0.2, 0.25) is 0 Å². The van der Waals surface area contributed by atoms with Crippen LogP contribution in [-0.4, -0.2) is 46.0 Å². The summed E-state index contributed by atoms with van der Waals surface area (Å²) in [5.41, 5.74) is 2.42. The fraction of sp³-hybridized carbons (Fsp3) is 0.517. The van der Waals surface area contributed by atoms with E-state index in [0.29, 0.717) is 30.1 Å². The van der Waals surface area contributed by atoms with Crippen molar-refractivity contribution in [2.75, 3.05) is 19.6 Å². The SMILES string of the molecule is CC[C@H]1CCCCN1CCCNC(=O)c1ccc(-c2c(-c3ccc(F)cc3)ncn2C2CCCC2)o1. The Morgan fingerprint density at radius 2 is 1.86 bits per heavy atom. The summed E-state index contributed by atoms with van der Waals surface area (Å²) in [7, 11) is 0. The van der Waals surface area contributed by atoms with Crippen molar-refractivity contribution < 1.29 is 13.6 Å². The maximum absolute atomic E-state index is 13.5. The summed E-state index contributed by atoms with van der Waals surface area (Å²) in [5, 5.41) is 3.03. The standard InChI is InChI=1S/C29H37FN4O2/c1-2-23-8-5-6-18-33(23)19-7-17-31-29(35)26-16-15-25(36-26)28-27(21-11-13-22(30)14-12-21)32-20-34(28)24-9-3-4-10-24/h11-16,20,23-24H,2-10,17-19H2,1H3,(H,31,35)/t23-/m0/s1. The molecule has 3 heterocycles. The summed E-state index contributed by atoms with van der Waals surface area (Å²) in [6.07, 6.45) is 12.4. The van der Waals surface area contributed by atoms with Gasteiger partial charge < -0.3 is 19.2 Å². The number of carbonyl (C=O) groups excluding carboxylic acids is 1. The molecule has 3 aromatic rings. The number of aromatic nitrogens is 2. The summed E-state index contributed by atoms with van der Waals surface area (Å²) >= 11 is 0. The molecule has 192 valence electrons. The van der Waals surface area contributed by atoms with Crippen LogP contribution in [0.1, 0.15) is 81.3 Å². The second-order valence-electron chi connectivity index (χ2n) is 10.2. The molecular weight excluding hydrogens is 455 g/mol. The highest BCUT2D eigenvalue weighted by Gasteiger charge is 2.26. The van der Waals surface area contributed by atoms with Gasteiger partial charge in [0, 0.05) is 30.7 Å². The molecule has 0 unspecified atom stereocenters. The molecule has 36 heavy (non-hydrogen) atoms. The number of piperidine rings is 1. The second kappa shape index (κ2) is 11.4. The zero-order valence-electron chi connectivity index (χ0n) is 21.2. The number of hydrogen-bond donors (Lipinski definition) is 1. The van der Waals surface area contributed by atoms with Gasteiger partial charge in [-0.05, 0) is 81.5 Å². The van der Waals surface area contributed by atoms with Crippen LogP contribution in [0.3, 0.4) is 0 Å². The van der Waals surface area contributed by atoms with Crippen molar-refractivity contribution in [3.05, 3.63) is 54.3 Å². The molecular formula is C29H37FN4O2. The Balaban J connectivity index is 1.28. The molecule has 2 aliphatic rings. The third-order valence-electron chi connectivity index (χ3n) is 7.82. The number of halogens is 1. The molecule has 1 N–H and O–H groups in total. The van der Waals surface area contributed by atoms with Gasteiger partial charge in [-0.2, -0.15) is 0 Å². The quantitative estimate of drug-likeness (QED) is 0.349. The highest BCUT2D eigenvalue weighted by Crippen LogP contribution is 2.39. The molecule has 1 aliphatic carbocycles. The first-order chi connectivity index (χ1) is 17.6. The summed E-state index contributed by atoms with van der Waals surface area (Å²) in [5.74, 6) is 0.446. The van der Waals surface area contributed by atoms with Gasteiger partial charge in [0.25, 0.3) is 5.91 Å². The number of nitrogens with one attached hydrogen (secondary N) is 1. The number of carbonyl (C=O) groups is 1. The van der Waals surface area contributed by atoms with Gasteiger partial charge in [0.2, 0.25) is 0 Å². The highest BCUT2D eigenvalue weighted by molar-refractivity contribution is 5.92. The lowest BCUT2D eigenvalue weighted by Gasteiger charge is -2.35. The zero-order valence-corrected chi connectivity index (χ0v) is 21.2. The van der Waals surface area contributed by atoms with Crippen molar-refractivity contribution in [1.82, 2.24) is 19.8 Å². The predicted molar refractivity (Wildman–Crippen MR) is 139 cm³/mol. The van der Waals surface area contributed by atoms with E-state index in [9.17, 15) is 9.18 Å². The molecule has 7 heteroatoms. The molecule has 0 radical (unpaired) electrons. The Hall–Kier alpha value is -2.93. The molecule has 2 fully saturated rings. The molecule has 2 aromatic heterocycles. The van der Waals surface area contributed by atoms with E-state index in [2.05, 4.69) is 26.7 Å². The summed E-state index contributed by atoms with van der Waals surface area (Å²) in [6.45, 7) is 5.07. The molecule has 0 bridgehead atoms. The fourth-order valence-electron chi connectivity index (χ4n) is 5.86. The predicted octanol–water partition coefficient (Wildman–Crippen LogP) is 6.45. The van der Waals surface area contributed by atoms with Gasteiger partial charge in [0.15, 0.2) is 11.5 Å². The van der Waals surface area contributed by atoms with E-state index >= 15 is 0 Å². The Bertz CT molecular complexity index is 1150. The minimum absolute atomic E-state index is 0.192. The molecule has 1 amide bonds. The van der Waals surface area contributed by atoms with E-state index < -0.39 is 0 Å². The summed E-state index contributed by atoms with van der Waals surface area (Å²) in [6, 6.07) is 11.0. The molecule has 1 saturated carbocycles. The van der Waals surface area contributed by atoms with Crippen molar-refractivity contribution in [3.8, 4) is 22.7 Å². The monoisotopic (exact) mass is 492 g/mol. The molecule has 1 aliphatic heterocycles. The number of likely N-dealkylation sites (tertiary alicyclic amines) is 1. The van der Waals surface area contributed by atoms with Gasteiger partial charge in [-0.25, -0.2) is 9.37 Å². The molecule has 5 rings (SSSR count). The first-order valence-corrected chi connectivity index (χ1v) is 13.6. The largest absolute Gasteiger partial charge is 0.449 e. The maximum Gasteiger partial charge on any atom is 0.287 e. The smallest absolute Gasteiger partial charge is 0.287 e. The van der Waals surface area contributed by atoms with Crippen LogP contribution < -0.4 is 5.32 Å². The van der Waals surface area contributed by atoms with Gasteiger partial charge in [-0.3, -0.25) is 4.79 Å². The maximum atomic E-state index is 13.5. The van der Waals surface area contributed by atoms with Gasteiger partial charge >= 0.3 is 0 Å². The van der Waals surface area contributed by atoms with Crippen LogP contribution in [0.15, 0.2) is 47.1 Å². The van der Waals surface area contributed by atoms with E-state index in [1.165, 1.54) is 57.2 Å². The van der Waals surface area contributed by atoms with Crippen LogP contribution in [-0.2, 0) is 0 Å². The van der Waals surface area contributed by atoms with Crippen LogP contribution in [0.4, 0.5) is 4.39 Å². The number of hydrogen-bond acceptors (Lipinski definition) is 4. The average Bonchev–Trinajstić information content (AvgIpc) is 3.67. The van der Waals surface area contributed by atoms with Crippen molar-refractivity contribution >= 4 is 5.91 Å². The number of nitrogens with zero attached hydrogens (tertiary/aromatic N) is 3. The van der Waals surface area contributed by atoms with Crippen molar-refractivity contribution in [3.63, 3.8) is 0 Å². The third kappa shape index (κ3) is 5.41. The number of rotatable bonds is 9. The van der Waals surface area contributed by atoms with Gasteiger partial charge in [0.1, 0.15) is 11.5 Å². The average molecular weight is 493 g/mol. The van der Waals surface area contributed by atoms with Gasteiger partial charge in [0.05, 0.1) is 12.0 Å². The molecule has 6 nitrogen and oxygen atoms in total. The summed E-state index contributed by atoms with van der Waals surface area (Å²) in [4.78, 5) is 20.1. The van der Waals surface area contributed by atoms with E-state index in [0.717, 1.165) is 42.8 Å². The lowest BCUT2D eigenvalue weighted by molar-refractivity contribution is 0.0920. The second-order valence-corrected chi connectivity index (χ2v) is 10.2. The van der Waals surface area contributed by atoms with Crippen LogP contribution in [0.25, 0.3) is 22.7 Å². The highest BCUT2D eigenvalue weighted by atomic mass is 19.1. The number of imidazole rings is 1. The van der Waals surface area contributed by atoms with E-state index in [1.807, 2.05) is 12.4 Å². The zero-order chi connectivity index (χ0) is 24.9.